The van der Waals surface area contributed by atoms with Gasteiger partial charge < -0.3 is 8.92 Å². The van der Waals surface area contributed by atoms with Crippen molar-refractivity contribution in [3.8, 4) is 11.5 Å². The van der Waals surface area contributed by atoms with Gasteiger partial charge in [-0.1, -0.05) is 6.07 Å². The minimum absolute atomic E-state index is 0.197. The molecule has 9 heteroatoms. The van der Waals surface area contributed by atoms with Crippen molar-refractivity contribution in [2.45, 2.75) is 5.51 Å². The van der Waals surface area contributed by atoms with Crippen LogP contribution in [0.15, 0.2) is 23.6 Å². The standard InChI is InChI=1S/C10H7F3O4S2/c1-16-6-3-2-4-8-9(6)7(5-18-8)17-19(14,15)10(11,12)13/h2-5H,1H3. The Morgan fingerprint density at radius 3 is 2.47 bits per heavy atom. The van der Waals surface area contributed by atoms with Gasteiger partial charge in [0.05, 0.1) is 12.5 Å². The topological polar surface area (TPSA) is 52.6 Å². The minimum atomic E-state index is -5.69. The molecule has 19 heavy (non-hydrogen) atoms. The van der Waals surface area contributed by atoms with Crippen molar-refractivity contribution in [1.82, 2.24) is 0 Å². The molecule has 1 aromatic heterocycles. The van der Waals surface area contributed by atoms with Crippen LogP contribution in [0.5, 0.6) is 11.5 Å². The maximum atomic E-state index is 12.3. The predicted octanol–water partition coefficient (Wildman–Crippen LogP) is 3.14. The van der Waals surface area contributed by atoms with E-state index < -0.39 is 21.4 Å². The fourth-order valence-corrected chi connectivity index (χ4v) is 2.82. The molecule has 0 atom stereocenters. The maximum absolute atomic E-state index is 12.3. The Bertz CT molecular complexity index is 703. The number of thiophene rings is 1. The zero-order chi connectivity index (χ0) is 14.3. The third-order valence-electron chi connectivity index (χ3n) is 2.23. The molecule has 0 amide bonds. The van der Waals surface area contributed by atoms with Crippen LogP contribution in [0.3, 0.4) is 0 Å². The number of ether oxygens (including phenoxy) is 1. The predicted molar refractivity (Wildman–Crippen MR) is 64.0 cm³/mol. The Morgan fingerprint density at radius 2 is 1.89 bits per heavy atom. The van der Waals surface area contributed by atoms with Gasteiger partial charge in [0, 0.05) is 10.1 Å². The van der Waals surface area contributed by atoms with E-state index in [-0.39, 0.29) is 11.1 Å². The molecule has 0 aliphatic heterocycles. The average molecular weight is 312 g/mol. The largest absolute Gasteiger partial charge is 0.534 e. The van der Waals surface area contributed by atoms with Gasteiger partial charge in [0.25, 0.3) is 0 Å². The van der Waals surface area contributed by atoms with Gasteiger partial charge in [-0.2, -0.15) is 21.6 Å². The number of halogens is 3. The van der Waals surface area contributed by atoms with Crippen molar-refractivity contribution >= 4 is 31.5 Å². The van der Waals surface area contributed by atoms with Gasteiger partial charge in [0.1, 0.15) is 5.75 Å². The summed E-state index contributed by atoms with van der Waals surface area (Å²) in [5, 5.41) is 1.39. The van der Waals surface area contributed by atoms with Crippen molar-refractivity contribution in [2.75, 3.05) is 7.11 Å². The summed E-state index contributed by atoms with van der Waals surface area (Å²) < 4.78 is 68.4. The smallest absolute Gasteiger partial charge is 0.496 e. The molecule has 0 unspecified atom stereocenters. The number of methoxy groups -OCH3 is 1. The van der Waals surface area contributed by atoms with E-state index >= 15 is 0 Å². The van der Waals surface area contributed by atoms with E-state index in [1.54, 1.807) is 12.1 Å². The monoisotopic (exact) mass is 312 g/mol. The van der Waals surface area contributed by atoms with Gasteiger partial charge in [-0.15, -0.1) is 11.3 Å². The number of hydrogen-bond acceptors (Lipinski definition) is 5. The summed E-state index contributed by atoms with van der Waals surface area (Å²) in [6.07, 6.45) is 0. The van der Waals surface area contributed by atoms with E-state index in [0.717, 1.165) is 11.3 Å². The Kier molecular flexibility index (Phi) is 3.35. The summed E-state index contributed by atoms with van der Waals surface area (Å²) in [7, 11) is -4.36. The molecule has 0 fully saturated rings. The highest BCUT2D eigenvalue weighted by atomic mass is 32.2. The number of benzene rings is 1. The van der Waals surface area contributed by atoms with E-state index in [4.69, 9.17) is 4.74 Å². The quantitative estimate of drug-likeness (QED) is 0.645. The van der Waals surface area contributed by atoms with Gasteiger partial charge in [0.2, 0.25) is 0 Å². The fraction of sp³-hybridized carbons (Fsp3) is 0.200. The molecule has 0 N–H and O–H groups in total. The van der Waals surface area contributed by atoms with Crippen LogP contribution in [0, 0.1) is 0 Å². The lowest BCUT2D eigenvalue weighted by Gasteiger charge is -2.09. The molecular formula is C10H7F3O4S2. The summed E-state index contributed by atoms with van der Waals surface area (Å²) in [5.41, 5.74) is -5.47. The Balaban J connectivity index is 2.54. The first-order chi connectivity index (χ1) is 8.76. The van der Waals surface area contributed by atoms with Gasteiger partial charge in [-0.3, -0.25) is 0 Å². The highest BCUT2D eigenvalue weighted by molar-refractivity contribution is 7.88. The summed E-state index contributed by atoms with van der Waals surface area (Å²) in [6, 6.07) is 4.76. The number of alkyl halides is 3. The summed E-state index contributed by atoms with van der Waals surface area (Å²) in [5.74, 6) is -0.152. The Morgan fingerprint density at radius 1 is 1.21 bits per heavy atom. The molecule has 2 rings (SSSR count). The van der Waals surface area contributed by atoms with Crippen LogP contribution in [0.4, 0.5) is 13.2 Å². The summed E-state index contributed by atoms with van der Waals surface area (Å²) >= 11 is 1.06. The lowest BCUT2D eigenvalue weighted by molar-refractivity contribution is -0.0499. The molecule has 0 spiro atoms. The van der Waals surface area contributed by atoms with E-state index in [9.17, 15) is 21.6 Å². The van der Waals surface area contributed by atoms with Crippen LogP contribution in [0.2, 0.25) is 0 Å². The van der Waals surface area contributed by atoms with Crippen LogP contribution in [-0.4, -0.2) is 21.0 Å². The summed E-state index contributed by atoms with van der Waals surface area (Å²) in [6.45, 7) is 0. The average Bonchev–Trinajstić information content (AvgIpc) is 2.70. The molecule has 0 saturated carbocycles. The van der Waals surface area contributed by atoms with Gasteiger partial charge in [0.15, 0.2) is 5.75 Å². The van der Waals surface area contributed by atoms with E-state index in [1.807, 2.05) is 0 Å². The van der Waals surface area contributed by atoms with Crippen molar-refractivity contribution in [3.05, 3.63) is 23.6 Å². The number of hydrogen-bond donors (Lipinski definition) is 0. The highest BCUT2D eigenvalue weighted by Gasteiger charge is 2.48. The molecule has 0 radical (unpaired) electrons. The third-order valence-corrected chi connectivity index (χ3v) is 4.12. The second-order valence-electron chi connectivity index (χ2n) is 3.42. The first-order valence-corrected chi connectivity index (χ1v) is 7.10. The molecule has 0 aliphatic rings. The molecule has 0 saturated heterocycles. The lowest BCUT2D eigenvalue weighted by Crippen LogP contribution is -2.27. The van der Waals surface area contributed by atoms with Gasteiger partial charge in [-0.25, -0.2) is 0 Å². The van der Waals surface area contributed by atoms with Gasteiger partial charge >= 0.3 is 15.6 Å². The van der Waals surface area contributed by atoms with Crippen molar-refractivity contribution in [2.24, 2.45) is 0 Å². The maximum Gasteiger partial charge on any atom is 0.534 e. The van der Waals surface area contributed by atoms with Crippen molar-refractivity contribution in [1.29, 1.82) is 0 Å². The second-order valence-corrected chi connectivity index (χ2v) is 5.87. The van der Waals surface area contributed by atoms with Crippen LogP contribution >= 0.6 is 11.3 Å². The molecule has 4 nitrogen and oxygen atoms in total. The molecule has 2 aromatic rings. The second kappa shape index (κ2) is 4.57. The minimum Gasteiger partial charge on any atom is -0.496 e. The van der Waals surface area contributed by atoms with Crippen molar-refractivity contribution < 1.29 is 30.5 Å². The van der Waals surface area contributed by atoms with Crippen LogP contribution < -0.4 is 8.92 Å². The third kappa shape index (κ3) is 2.47. The highest BCUT2D eigenvalue weighted by Crippen LogP contribution is 2.40. The van der Waals surface area contributed by atoms with E-state index in [0.29, 0.717) is 4.70 Å². The van der Waals surface area contributed by atoms with Crippen LogP contribution in [0.25, 0.3) is 10.1 Å². The summed E-state index contributed by atoms with van der Waals surface area (Å²) in [4.78, 5) is 0. The fourth-order valence-electron chi connectivity index (χ4n) is 1.42. The van der Waals surface area contributed by atoms with Crippen LogP contribution in [0.1, 0.15) is 0 Å². The zero-order valence-corrected chi connectivity index (χ0v) is 11.0. The van der Waals surface area contributed by atoms with E-state index in [1.165, 1.54) is 18.6 Å². The Labute approximate surface area is 110 Å². The SMILES string of the molecule is COc1cccc2scc(OS(=O)(=O)C(F)(F)F)c12. The number of fused-ring (bicyclic) bond motifs is 1. The molecule has 1 aromatic carbocycles. The molecule has 0 aliphatic carbocycles. The lowest BCUT2D eigenvalue weighted by atomic mass is 10.2. The first-order valence-electron chi connectivity index (χ1n) is 4.81. The molecule has 104 valence electrons. The zero-order valence-electron chi connectivity index (χ0n) is 9.39. The van der Waals surface area contributed by atoms with Crippen molar-refractivity contribution in [3.63, 3.8) is 0 Å². The first kappa shape index (κ1) is 13.9. The molecular weight excluding hydrogens is 305 g/mol. The Hall–Kier alpha value is -1.48. The van der Waals surface area contributed by atoms with Crippen LogP contribution in [-0.2, 0) is 10.1 Å². The molecule has 1 heterocycles. The number of rotatable bonds is 3. The molecule has 0 bridgehead atoms. The van der Waals surface area contributed by atoms with E-state index in [2.05, 4.69) is 4.18 Å². The normalized spacial score (nSPS) is 12.6. The van der Waals surface area contributed by atoms with Gasteiger partial charge in [-0.05, 0) is 12.1 Å².